The number of carboxylic acids is 1. The zero-order valence-electron chi connectivity index (χ0n) is 15.6. The van der Waals surface area contributed by atoms with E-state index in [1.54, 1.807) is 30.3 Å². The summed E-state index contributed by atoms with van der Waals surface area (Å²) in [6.07, 6.45) is 0. The van der Waals surface area contributed by atoms with Crippen molar-refractivity contribution in [3.8, 4) is 23.0 Å². The lowest BCUT2D eigenvalue weighted by Gasteiger charge is -2.37. The minimum Gasteiger partial charge on any atom is -0.507 e. The summed E-state index contributed by atoms with van der Waals surface area (Å²) in [6, 6.07) is 14.0. The van der Waals surface area contributed by atoms with Crippen LogP contribution >= 0.6 is 8.53 Å². The van der Waals surface area contributed by atoms with E-state index >= 15 is 0 Å². The van der Waals surface area contributed by atoms with Gasteiger partial charge in [-0.05, 0) is 30.3 Å². The van der Waals surface area contributed by atoms with Gasteiger partial charge in [0.2, 0.25) is 0 Å². The Hall–Kier alpha value is -3.65. The quantitative estimate of drug-likeness (QED) is 0.356. The number of carboxylic acid groups (broad SMARTS) is 1. The lowest BCUT2D eigenvalue weighted by molar-refractivity contribution is 0.0223. The summed E-state index contributed by atoms with van der Waals surface area (Å²) in [6.45, 7) is 0. The van der Waals surface area contributed by atoms with Gasteiger partial charge in [0.05, 0.1) is 5.56 Å². The molecule has 9 nitrogen and oxygen atoms in total. The summed E-state index contributed by atoms with van der Waals surface area (Å²) in [5.74, 6) is -2.38. The van der Waals surface area contributed by atoms with Crippen LogP contribution in [0.15, 0.2) is 54.6 Å². The van der Waals surface area contributed by atoms with E-state index in [0.29, 0.717) is 16.7 Å². The molecule has 0 saturated heterocycles. The third-order valence-electron chi connectivity index (χ3n) is 5.24. The van der Waals surface area contributed by atoms with E-state index in [0.717, 1.165) is 0 Å². The Morgan fingerprint density at radius 1 is 1.06 bits per heavy atom. The van der Waals surface area contributed by atoms with Gasteiger partial charge in [-0.15, -0.1) is 0 Å². The lowest BCUT2D eigenvalue weighted by Crippen LogP contribution is -2.33. The number of ether oxygens (including phenoxy) is 2. The molecule has 2 atom stereocenters. The number of phenols is 1. The van der Waals surface area contributed by atoms with Crippen LogP contribution in [0.1, 0.15) is 37.4 Å². The van der Waals surface area contributed by atoms with Crippen molar-refractivity contribution in [2.45, 2.75) is 5.60 Å². The van der Waals surface area contributed by atoms with Crippen LogP contribution in [-0.2, 0) is 10.3 Å². The first kappa shape index (κ1) is 19.3. The maximum atomic E-state index is 12.8. The summed E-state index contributed by atoms with van der Waals surface area (Å²) < 4.78 is 16.9. The summed E-state index contributed by atoms with van der Waals surface area (Å²) >= 11 is 0. The van der Waals surface area contributed by atoms with Crippen molar-refractivity contribution in [1.82, 2.24) is 0 Å². The molecular weight excluding hydrogens is 425 g/mol. The molecule has 31 heavy (non-hydrogen) atoms. The third-order valence-corrected chi connectivity index (χ3v) is 5.64. The second-order valence-corrected chi connectivity index (χ2v) is 7.70. The highest BCUT2D eigenvalue weighted by molar-refractivity contribution is 7.43. The van der Waals surface area contributed by atoms with Crippen LogP contribution in [0, 0.1) is 0 Å². The van der Waals surface area contributed by atoms with Crippen LogP contribution in [0.4, 0.5) is 0 Å². The van der Waals surface area contributed by atoms with Gasteiger partial charge in [-0.3, -0.25) is 5.50 Å². The van der Waals surface area contributed by atoms with Crippen molar-refractivity contribution >= 4 is 20.5 Å². The molecule has 0 fully saturated rings. The maximum absolute atomic E-state index is 12.8. The highest BCUT2D eigenvalue weighted by atomic mass is 31.2. The normalized spacial score (nSPS) is 19.0. The van der Waals surface area contributed by atoms with E-state index in [9.17, 15) is 24.7 Å². The first-order chi connectivity index (χ1) is 14.8. The molecule has 5 rings (SSSR count). The van der Waals surface area contributed by atoms with E-state index < -0.39 is 37.4 Å². The molecule has 1 spiro atoms. The fourth-order valence-electron chi connectivity index (χ4n) is 4.08. The van der Waals surface area contributed by atoms with Crippen LogP contribution < -0.4 is 14.8 Å². The second kappa shape index (κ2) is 6.68. The summed E-state index contributed by atoms with van der Waals surface area (Å²) in [4.78, 5) is 34.1. The number of hydrogen-bond acceptors (Lipinski definition) is 8. The van der Waals surface area contributed by atoms with Gasteiger partial charge in [0.15, 0.2) is 11.4 Å². The van der Waals surface area contributed by atoms with E-state index in [2.05, 4.69) is 0 Å². The average molecular weight is 439 g/mol. The van der Waals surface area contributed by atoms with Crippen molar-refractivity contribution in [1.29, 1.82) is 0 Å². The zero-order valence-corrected chi connectivity index (χ0v) is 16.5. The molecule has 3 aromatic carbocycles. The topological polar surface area (TPSA) is 149 Å². The Balaban J connectivity index is 1.86. The van der Waals surface area contributed by atoms with Crippen LogP contribution in [0.5, 0.6) is 23.0 Å². The maximum Gasteiger partial charge on any atom is 0.343 e. The molecule has 0 aromatic heterocycles. The molecule has 156 valence electrons. The van der Waals surface area contributed by atoms with Crippen molar-refractivity contribution in [2.24, 2.45) is 5.50 Å². The SMILES string of the molecule is NP(O)Oc1ccc2c(c1)Oc1c(ccc(O)c1C(=O)O)C21OC(=O)c2ccccc21. The monoisotopic (exact) mass is 439 g/mol. The Morgan fingerprint density at radius 3 is 2.55 bits per heavy atom. The number of aromatic hydroxyl groups is 1. The lowest BCUT2D eigenvalue weighted by atomic mass is 9.77. The number of fused-ring (bicyclic) bond motifs is 6. The number of esters is 1. The molecule has 5 N–H and O–H groups in total. The van der Waals surface area contributed by atoms with Crippen molar-refractivity contribution in [3.05, 3.63) is 82.4 Å². The fourth-order valence-corrected chi connectivity index (χ4v) is 4.41. The van der Waals surface area contributed by atoms with Crippen LogP contribution in [-0.4, -0.2) is 27.0 Å². The Morgan fingerprint density at radius 2 is 1.81 bits per heavy atom. The number of nitrogens with two attached hydrogens (primary N) is 1. The molecule has 0 amide bonds. The fraction of sp³-hybridized carbons (Fsp3) is 0.0476. The van der Waals surface area contributed by atoms with Gasteiger partial charge in [0.25, 0.3) is 0 Å². The average Bonchev–Trinajstić information content (AvgIpc) is 3.00. The molecule has 3 aromatic rings. The second-order valence-electron chi connectivity index (χ2n) is 6.91. The van der Waals surface area contributed by atoms with Crippen molar-refractivity contribution in [3.63, 3.8) is 0 Å². The van der Waals surface area contributed by atoms with Crippen LogP contribution in [0.25, 0.3) is 0 Å². The Labute approximate surface area is 176 Å². The number of benzene rings is 3. The number of carbonyl (C=O) groups is 2. The molecular formula is C21H14NO8P. The minimum absolute atomic E-state index is 0.124. The van der Waals surface area contributed by atoms with Gasteiger partial charge >= 0.3 is 20.5 Å². The van der Waals surface area contributed by atoms with Gasteiger partial charge in [0.1, 0.15) is 22.8 Å². The van der Waals surface area contributed by atoms with E-state index in [1.807, 2.05) is 0 Å². The van der Waals surface area contributed by atoms with Gasteiger partial charge < -0.3 is 29.1 Å². The Kier molecular flexibility index (Phi) is 4.16. The van der Waals surface area contributed by atoms with Gasteiger partial charge in [-0.25, -0.2) is 9.59 Å². The molecule has 0 bridgehead atoms. The number of hydrogen-bond donors (Lipinski definition) is 4. The highest BCUT2D eigenvalue weighted by Gasteiger charge is 2.54. The highest BCUT2D eigenvalue weighted by Crippen LogP contribution is 2.58. The third kappa shape index (κ3) is 2.68. The predicted molar refractivity (Wildman–Crippen MR) is 107 cm³/mol. The molecule has 0 radical (unpaired) electrons. The van der Waals surface area contributed by atoms with Crippen molar-refractivity contribution < 1.29 is 38.7 Å². The number of carbonyl (C=O) groups excluding carboxylic acids is 1. The summed E-state index contributed by atoms with van der Waals surface area (Å²) in [5, 5.41) is 19.9. The van der Waals surface area contributed by atoms with E-state index in [4.69, 9.17) is 19.5 Å². The van der Waals surface area contributed by atoms with E-state index in [1.165, 1.54) is 24.3 Å². The van der Waals surface area contributed by atoms with Crippen LogP contribution in [0.3, 0.4) is 0 Å². The van der Waals surface area contributed by atoms with Gasteiger partial charge in [-0.1, -0.05) is 18.2 Å². The van der Waals surface area contributed by atoms with Crippen LogP contribution in [0.2, 0.25) is 0 Å². The smallest absolute Gasteiger partial charge is 0.343 e. The Bertz CT molecular complexity index is 1270. The van der Waals surface area contributed by atoms with Crippen molar-refractivity contribution in [2.75, 3.05) is 0 Å². The van der Waals surface area contributed by atoms with E-state index in [-0.39, 0.29) is 22.8 Å². The standard InChI is InChI=1S/C21H14NO8P/c22-31(27)30-10-5-6-13-16(9-10)28-18-14(7-8-15(23)17(18)19(24)25)21(13)12-4-2-1-3-11(12)20(26)29-21/h1-9,23,27H,22H2,(H,24,25). The summed E-state index contributed by atoms with van der Waals surface area (Å²) in [5.41, 5.74) is 4.87. The predicted octanol–water partition coefficient (Wildman–Crippen LogP) is 3.22. The molecule has 2 unspecified atom stereocenters. The van der Waals surface area contributed by atoms with Gasteiger partial charge in [0, 0.05) is 22.8 Å². The van der Waals surface area contributed by atoms with Gasteiger partial charge in [-0.2, -0.15) is 0 Å². The zero-order chi connectivity index (χ0) is 21.9. The summed E-state index contributed by atoms with van der Waals surface area (Å²) in [7, 11) is -2.21. The molecule has 0 saturated carbocycles. The molecule has 0 aliphatic carbocycles. The molecule has 2 aliphatic rings. The molecule has 10 heteroatoms. The minimum atomic E-state index is -2.21. The first-order valence-electron chi connectivity index (χ1n) is 8.99. The molecule has 2 heterocycles. The number of rotatable bonds is 3. The molecule has 2 aliphatic heterocycles. The first-order valence-corrected chi connectivity index (χ1v) is 10.3. The largest absolute Gasteiger partial charge is 0.507 e. The number of aromatic carboxylic acids is 1.